The highest BCUT2D eigenvalue weighted by molar-refractivity contribution is 6.58. The van der Waals surface area contributed by atoms with E-state index in [9.17, 15) is 10.0 Å². The Bertz CT molecular complexity index is 767. The Morgan fingerprint density at radius 1 is 1.14 bits per heavy atom. The highest BCUT2D eigenvalue weighted by Gasteiger charge is 2.18. The van der Waals surface area contributed by atoms with Crippen molar-refractivity contribution in [3.8, 4) is 5.69 Å². The number of rotatable bonds is 3. The second-order valence-corrected chi connectivity index (χ2v) is 5.34. The number of hydrogen-bond acceptors (Lipinski definition) is 2. The van der Waals surface area contributed by atoms with Crippen molar-refractivity contribution in [2.24, 2.45) is 0 Å². The highest BCUT2D eigenvalue weighted by atomic mass is 16.4. The first-order chi connectivity index (χ1) is 10.6. The van der Waals surface area contributed by atoms with Crippen LogP contribution in [0.15, 0.2) is 43.0 Å². The SMILES string of the molecule is C=Cc1c2c(n(-c3ccc(B(O)O)cc3)c1C)C=CCC=C2. The Morgan fingerprint density at radius 3 is 2.45 bits per heavy atom. The van der Waals surface area contributed by atoms with Crippen LogP contribution < -0.4 is 5.46 Å². The van der Waals surface area contributed by atoms with Crippen molar-refractivity contribution >= 4 is 30.8 Å². The van der Waals surface area contributed by atoms with Gasteiger partial charge in [-0.2, -0.15) is 0 Å². The smallest absolute Gasteiger partial charge is 0.423 e. The number of fused-ring (bicyclic) bond motifs is 1. The molecule has 0 saturated heterocycles. The summed E-state index contributed by atoms with van der Waals surface area (Å²) in [5.74, 6) is 0. The molecule has 1 aliphatic carbocycles. The van der Waals surface area contributed by atoms with Gasteiger partial charge in [0.2, 0.25) is 0 Å². The number of hydrogen-bond donors (Lipinski definition) is 2. The minimum atomic E-state index is -1.44. The third-order valence-electron chi connectivity index (χ3n) is 4.02. The van der Waals surface area contributed by atoms with Gasteiger partial charge < -0.3 is 14.6 Å². The molecule has 0 fully saturated rings. The molecular weight excluding hydrogens is 273 g/mol. The first-order valence-electron chi connectivity index (χ1n) is 7.30. The Balaban J connectivity index is 2.20. The summed E-state index contributed by atoms with van der Waals surface area (Å²) in [4.78, 5) is 0. The van der Waals surface area contributed by atoms with Gasteiger partial charge in [0.1, 0.15) is 0 Å². The summed E-state index contributed by atoms with van der Waals surface area (Å²) in [6, 6.07) is 7.26. The van der Waals surface area contributed by atoms with Gasteiger partial charge in [-0.1, -0.05) is 43.0 Å². The van der Waals surface area contributed by atoms with Crippen molar-refractivity contribution in [1.29, 1.82) is 0 Å². The quantitative estimate of drug-likeness (QED) is 0.854. The number of aromatic nitrogens is 1. The summed E-state index contributed by atoms with van der Waals surface area (Å²) in [5.41, 5.74) is 6.02. The number of nitrogens with zero attached hydrogens (tertiary/aromatic N) is 1. The lowest BCUT2D eigenvalue weighted by Gasteiger charge is -2.11. The van der Waals surface area contributed by atoms with Crippen LogP contribution in [0.25, 0.3) is 23.9 Å². The minimum absolute atomic E-state index is 0.485. The molecule has 0 bridgehead atoms. The topological polar surface area (TPSA) is 45.4 Å². The Kier molecular flexibility index (Phi) is 3.88. The largest absolute Gasteiger partial charge is 0.488 e. The zero-order chi connectivity index (χ0) is 15.7. The maximum absolute atomic E-state index is 9.23. The van der Waals surface area contributed by atoms with Crippen LogP contribution in [0.5, 0.6) is 0 Å². The molecule has 0 radical (unpaired) electrons. The summed E-state index contributed by atoms with van der Waals surface area (Å²) in [6.07, 6.45) is 11.4. The molecule has 3 nitrogen and oxygen atoms in total. The monoisotopic (exact) mass is 291 g/mol. The van der Waals surface area contributed by atoms with E-state index in [-0.39, 0.29) is 0 Å². The van der Waals surface area contributed by atoms with E-state index in [1.165, 1.54) is 5.56 Å². The van der Waals surface area contributed by atoms with Gasteiger partial charge in [0.25, 0.3) is 0 Å². The van der Waals surface area contributed by atoms with Crippen molar-refractivity contribution < 1.29 is 10.0 Å². The molecule has 1 aliphatic rings. The van der Waals surface area contributed by atoms with Crippen LogP contribution in [0, 0.1) is 6.92 Å². The van der Waals surface area contributed by atoms with Crippen molar-refractivity contribution in [2.45, 2.75) is 13.3 Å². The third-order valence-corrected chi connectivity index (χ3v) is 4.02. The molecule has 3 rings (SSSR count). The molecule has 0 saturated carbocycles. The molecule has 22 heavy (non-hydrogen) atoms. The van der Waals surface area contributed by atoms with Crippen molar-refractivity contribution in [1.82, 2.24) is 4.57 Å². The van der Waals surface area contributed by atoms with Crippen LogP contribution in [0.4, 0.5) is 0 Å². The van der Waals surface area contributed by atoms with Gasteiger partial charge in [-0.05, 0) is 37.0 Å². The van der Waals surface area contributed by atoms with Crippen molar-refractivity contribution in [3.05, 3.63) is 65.5 Å². The molecule has 110 valence electrons. The molecule has 1 heterocycles. The third kappa shape index (κ3) is 2.37. The Hall–Kier alpha value is -2.30. The molecule has 2 aromatic rings. The molecular formula is C18H18BNO2. The average Bonchev–Trinajstić information content (AvgIpc) is 2.66. The predicted octanol–water partition coefficient (Wildman–Crippen LogP) is 2.54. The van der Waals surface area contributed by atoms with E-state index in [1.54, 1.807) is 12.1 Å². The van der Waals surface area contributed by atoms with Crippen molar-refractivity contribution in [2.75, 3.05) is 0 Å². The van der Waals surface area contributed by atoms with E-state index < -0.39 is 7.12 Å². The minimum Gasteiger partial charge on any atom is -0.423 e. The summed E-state index contributed by atoms with van der Waals surface area (Å²) < 4.78 is 2.17. The van der Waals surface area contributed by atoms with Gasteiger partial charge in [-0.15, -0.1) is 0 Å². The van der Waals surface area contributed by atoms with E-state index >= 15 is 0 Å². The summed E-state index contributed by atoms with van der Waals surface area (Å²) in [7, 11) is -1.44. The van der Waals surface area contributed by atoms with Crippen LogP contribution in [0.3, 0.4) is 0 Å². The Morgan fingerprint density at radius 2 is 1.82 bits per heavy atom. The number of benzene rings is 1. The van der Waals surface area contributed by atoms with E-state index in [0.29, 0.717) is 5.46 Å². The average molecular weight is 291 g/mol. The van der Waals surface area contributed by atoms with Crippen LogP contribution >= 0.6 is 0 Å². The van der Waals surface area contributed by atoms with Crippen LogP contribution in [-0.2, 0) is 0 Å². The normalized spacial score (nSPS) is 12.9. The lowest BCUT2D eigenvalue weighted by molar-refractivity contribution is 0.426. The van der Waals surface area contributed by atoms with Gasteiger partial charge >= 0.3 is 7.12 Å². The summed E-state index contributed by atoms with van der Waals surface area (Å²) >= 11 is 0. The molecule has 0 spiro atoms. The van der Waals surface area contributed by atoms with Gasteiger partial charge in [0, 0.05) is 22.5 Å². The molecule has 0 amide bonds. The Labute approximate surface area is 130 Å². The van der Waals surface area contributed by atoms with Crippen LogP contribution in [0.1, 0.15) is 28.9 Å². The predicted molar refractivity (Wildman–Crippen MR) is 93.1 cm³/mol. The van der Waals surface area contributed by atoms with Gasteiger partial charge in [0.05, 0.1) is 5.69 Å². The standard InChI is InChI=1S/C18H18BNO2/c1-3-16-13(2)20(18-8-6-4-5-7-17(16)18)15-11-9-14(10-12-15)19(21)22/h3,5-12,21-22H,1,4H2,2H3. The fraction of sp³-hybridized carbons (Fsp3) is 0.111. The van der Waals surface area contributed by atoms with Gasteiger partial charge in [-0.3, -0.25) is 0 Å². The first-order valence-corrected chi connectivity index (χ1v) is 7.30. The summed E-state index contributed by atoms with van der Waals surface area (Å²) in [6.45, 7) is 6.01. The second kappa shape index (κ2) is 5.83. The lowest BCUT2D eigenvalue weighted by Crippen LogP contribution is -2.29. The zero-order valence-corrected chi connectivity index (χ0v) is 12.5. The molecule has 4 heteroatoms. The highest BCUT2D eigenvalue weighted by Crippen LogP contribution is 2.31. The molecule has 2 N–H and O–H groups in total. The van der Waals surface area contributed by atoms with E-state index in [4.69, 9.17) is 0 Å². The number of allylic oxidation sites excluding steroid dienone is 2. The van der Waals surface area contributed by atoms with E-state index in [2.05, 4.69) is 42.4 Å². The maximum Gasteiger partial charge on any atom is 0.488 e. The zero-order valence-electron chi connectivity index (χ0n) is 12.5. The van der Waals surface area contributed by atoms with Gasteiger partial charge in [0.15, 0.2) is 0 Å². The molecule has 0 atom stereocenters. The summed E-state index contributed by atoms with van der Waals surface area (Å²) in [5, 5.41) is 18.5. The lowest BCUT2D eigenvalue weighted by atomic mass is 9.80. The van der Waals surface area contributed by atoms with Gasteiger partial charge in [-0.25, -0.2) is 0 Å². The first kappa shape index (κ1) is 14.6. The van der Waals surface area contributed by atoms with Crippen LogP contribution in [0.2, 0.25) is 0 Å². The molecule has 1 aromatic heterocycles. The van der Waals surface area contributed by atoms with E-state index in [1.807, 2.05) is 18.2 Å². The molecule has 0 unspecified atom stereocenters. The van der Waals surface area contributed by atoms with Crippen LogP contribution in [-0.4, -0.2) is 21.7 Å². The molecule has 1 aromatic carbocycles. The maximum atomic E-state index is 9.23. The molecule has 0 aliphatic heterocycles. The van der Waals surface area contributed by atoms with Crippen molar-refractivity contribution in [3.63, 3.8) is 0 Å². The fourth-order valence-electron chi connectivity index (χ4n) is 2.92. The van der Waals surface area contributed by atoms with E-state index in [0.717, 1.165) is 29.1 Å². The fourth-order valence-corrected chi connectivity index (χ4v) is 2.92. The second-order valence-electron chi connectivity index (χ2n) is 5.34.